The van der Waals surface area contributed by atoms with Crippen LogP contribution in [0.5, 0.6) is 5.75 Å². The molecule has 0 saturated carbocycles. The molecule has 9 nitrogen and oxygen atoms in total. The minimum Gasteiger partial charge on any atom is -0.490 e. The zero-order chi connectivity index (χ0) is 29.9. The van der Waals surface area contributed by atoms with Gasteiger partial charge in [0.2, 0.25) is 11.5 Å². The number of aliphatic hydroxyl groups is 1. The van der Waals surface area contributed by atoms with E-state index in [1.807, 2.05) is 0 Å². The second-order valence-corrected chi connectivity index (χ2v) is 10.3. The van der Waals surface area contributed by atoms with Gasteiger partial charge in [-0.15, -0.1) is 0 Å². The predicted molar refractivity (Wildman–Crippen MR) is 142 cm³/mol. The first-order chi connectivity index (χ1) is 19.9. The van der Waals surface area contributed by atoms with E-state index >= 15 is 0 Å². The maximum Gasteiger partial charge on any atom is 0.423 e. The van der Waals surface area contributed by atoms with Crippen LogP contribution in [0.1, 0.15) is 39.9 Å². The van der Waals surface area contributed by atoms with E-state index in [0.29, 0.717) is 22.2 Å². The first-order valence-electron chi connectivity index (χ1n) is 12.7. The summed E-state index contributed by atoms with van der Waals surface area (Å²) < 4.78 is 64.3. The molecule has 3 aromatic heterocycles. The molecule has 0 spiro atoms. The Labute approximate surface area is 235 Å². The number of halogens is 4. The SMILES string of the molecule is C[C@]1(c2cn[nH]n2)COc2c1cc([C@@](O)(Cc1ccc3cc(C(N)=O)ccc3n1)C(F)(F)F)nc2-c1ccc(F)cc1. The minimum atomic E-state index is -5.19. The van der Waals surface area contributed by atoms with Crippen LogP contribution >= 0.6 is 0 Å². The average molecular weight is 579 g/mol. The molecule has 42 heavy (non-hydrogen) atoms. The summed E-state index contributed by atoms with van der Waals surface area (Å²) in [6, 6.07) is 13.4. The Balaban J connectivity index is 1.52. The molecule has 0 fully saturated rings. The molecule has 1 aliphatic heterocycles. The van der Waals surface area contributed by atoms with Crippen molar-refractivity contribution in [1.29, 1.82) is 0 Å². The number of hydrogen-bond acceptors (Lipinski definition) is 7. The number of nitrogens with one attached hydrogen (secondary N) is 1. The van der Waals surface area contributed by atoms with Crippen LogP contribution in [0.4, 0.5) is 17.6 Å². The maximum atomic E-state index is 14.9. The van der Waals surface area contributed by atoms with Crippen LogP contribution in [-0.2, 0) is 17.4 Å². The second-order valence-electron chi connectivity index (χ2n) is 10.3. The third-order valence-corrected chi connectivity index (χ3v) is 7.53. The molecule has 4 heterocycles. The van der Waals surface area contributed by atoms with Crippen LogP contribution in [0.25, 0.3) is 22.2 Å². The van der Waals surface area contributed by atoms with Crippen molar-refractivity contribution in [2.75, 3.05) is 6.61 Å². The molecular formula is C29H22F4N6O3. The molecule has 1 amide bonds. The highest BCUT2D eigenvalue weighted by Gasteiger charge is 2.57. The van der Waals surface area contributed by atoms with Gasteiger partial charge in [-0.1, -0.05) is 6.07 Å². The first-order valence-corrected chi connectivity index (χ1v) is 12.7. The van der Waals surface area contributed by atoms with Gasteiger partial charge < -0.3 is 15.6 Å². The molecule has 0 bridgehead atoms. The van der Waals surface area contributed by atoms with Crippen LogP contribution in [0, 0.1) is 5.82 Å². The Morgan fingerprint density at radius 1 is 1.10 bits per heavy atom. The van der Waals surface area contributed by atoms with Gasteiger partial charge in [-0.2, -0.15) is 28.6 Å². The van der Waals surface area contributed by atoms with Crippen molar-refractivity contribution in [3.05, 3.63) is 101 Å². The molecule has 5 aromatic rings. The standard InChI is InChI=1S/C29H22F4N6O3/c1-27(23-13-35-39-38-23)14-42-25-20(27)11-22(37-24(25)15-2-6-18(30)7-3-15)28(41,29(31,32)33)12-19-8-4-16-10-17(26(34)40)5-9-21(16)36-19/h2-11,13,41H,12,14H2,1H3,(H2,34,40)(H,35,38,39)/t27-,28-/m0/s1. The molecule has 214 valence electrons. The first kappa shape index (κ1) is 27.3. The molecule has 4 N–H and O–H groups in total. The van der Waals surface area contributed by atoms with E-state index in [2.05, 4.69) is 25.4 Å². The lowest BCUT2D eigenvalue weighted by Gasteiger charge is -2.31. The molecule has 13 heteroatoms. The van der Waals surface area contributed by atoms with Crippen molar-refractivity contribution in [2.24, 2.45) is 5.73 Å². The highest BCUT2D eigenvalue weighted by molar-refractivity contribution is 5.96. The van der Waals surface area contributed by atoms with E-state index in [1.165, 1.54) is 48.7 Å². The molecule has 0 unspecified atom stereocenters. The summed E-state index contributed by atoms with van der Waals surface area (Å²) in [5.74, 6) is -1.01. The van der Waals surface area contributed by atoms with Gasteiger partial charge in [0.1, 0.15) is 23.9 Å². The van der Waals surface area contributed by atoms with E-state index in [4.69, 9.17) is 10.5 Å². The molecule has 6 rings (SSSR count). The van der Waals surface area contributed by atoms with Crippen molar-refractivity contribution in [3.8, 4) is 17.0 Å². The van der Waals surface area contributed by atoms with Crippen molar-refractivity contribution < 1.29 is 32.2 Å². The highest BCUT2D eigenvalue weighted by atomic mass is 19.4. The topological polar surface area (TPSA) is 140 Å². The number of fused-ring (bicyclic) bond motifs is 2. The number of aromatic nitrogens is 5. The monoisotopic (exact) mass is 578 g/mol. The lowest BCUT2D eigenvalue weighted by Crippen LogP contribution is -2.45. The third kappa shape index (κ3) is 4.42. The number of hydrogen-bond donors (Lipinski definition) is 3. The predicted octanol–water partition coefficient (Wildman–Crippen LogP) is 4.34. The molecule has 0 saturated heterocycles. The molecule has 1 aliphatic rings. The number of carbonyl (C=O) groups is 1. The summed E-state index contributed by atoms with van der Waals surface area (Å²) in [7, 11) is 0. The van der Waals surface area contributed by atoms with Crippen LogP contribution < -0.4 is 10.5 Å². The Morgan fingerprint density at radius 3 is 2.52 bits per heavy atom. The van der Waals surface area contributed by atoms with Crippen LogP contribution in [0.3, 0.4) is 0 Å². The summed E-state index contributed by atoms with van der Waals surface area (Å²) in [4.78, 5) is 20.1. The average Bonchev–Trinajstić information content (AvgIpc) is 3.62. The van der Waals surface area contributed by atoms with Crippen molar-refractivity contribution >= 4 is 16.8 Å². The normalized spacial score (nSPS) is 18.0. The second kappa shape index (κ2) is 9.58. The number of benzene rings is 2. The fourth-order valence-electron chi connectivity index (χ4n) is 5.10. The van der Waals surface area contributed by atoms with E-state index in [0.717, 1.165) is 18.2 Å². The van der Waals surface area contributed by atoms with Gasteiger partial charge in [0, 0.05) is 34.2 Å². The van der Waals surface area contributed by atoms with Crippen molar-refractivity contribution in [3.63, 3.8) is 0 Å². The van der Waals surface area contributed by atoms with Crippen molar-refractivity contribution in [2.45, 2.75) is 30.5 Å². The summed E-state index contributed by atoms with van der Waals surface area (Å²) in [6.45, 7) is 1.74. The fourth-order valence-corrected chi connectivity index (χ4v) is 5.10. The Kier molecular flexibility index (Phi) is 6.22. The zero-order valence-corrected chi connectivity index (χ0v) is 21.9. The summed E-state index contributed by atoms with van der Waals surface area (Å²) in [5.41, 5.74) is 1.55. The number of amides is 1. The molecule has 0 radical (unpaired) electrons. The Hall–Kier alpha value is -4.91. The molecule has 2 atom stereocenters. The van der Waals surface area contributed by atoms with Crippen molar-refractivity contribution in [1.82, 2.24) is 25.4 Å². The number of ether oxygens (including phenoxy) is 1. The number of rotatable bonds is 6. The highest BCUT2D eigenvalue weighted by Crippen LogP contribution is 2.50. The molecular weight excluding hydrogens is 556 g/mol. The van der Waals surface area contributed by atoms with E-state index < -0.39 is 41.0 Å². The van der Waals surface area contributed by atoms with Gasteiger partial charge in [-0.25, -0.2) is 9.37 Å². The smallest absolute Gasteiger partial charge is 0.423 e. The lowest BCUT2D eigenvalue weighted by atomic mass is 9.79. The summed E-state index contributed by atoms with van der Waals surface area (Å²) >= 11 is 0. The van der Waals surface area contributed by atoms with Crippen LogP contribution in [0.2, 0.25) is 0 Å². The van der Waals surface area contributed by atoms with Crippen LogP contribution in [-0.4, -0.2) is 49.2 Å². The number of aromatic amines is 1. The number of nitrogens with two attached hydrogens (primary N) is 1. The van der Waals surface area contributed by atoms with Gasteiger partial charge in [-0.05, 0) is 61.5 Å². The fraction of sp³-hybridized carbons (Fsp3) is 0.207. The summed E-state index contributed by atoms with van der Waals surface area (Å²) in [6.07, 6.45) is -4.72. The van der Waals surface area contributed by atoms with Crippen LogP contribution in [0.15, 0.2) is 66.9 Å². The Morgan fingerprint density at radius 2 is 1.86 bits per heavy atom. The van der Waals surface area contributed by atoms with Gasteiger partial charge in [0.05, 0.1) is 28.5 Å². The third-order valence-electron chi connectivity index (χ3n) is 7.53. The number of carbonyl (C=O) groups excluding carboxylic acids is 1. The largest absolute Gasteiger partial charge is 0.490 e. The Bertz CT molecular complexity index is 1830. The number of primary amides is 1. The van der Waals surface area contributed by atoms with Gasteiger partial charge in [0.25, 0.3) is 0 Å². The van der Waals surface area contributed by atoms with Gasteiger partial charge in [0.15, 0.2) is 0 Å². The zero-order valence-electron chi connectivity index (χ0n) is 21.9. The minimum absolute atomic E-state index is 0.00264. The van der Waals surface area contributed by atoms with E-state index in [1.54, 1.807) is 6.92 Å². The number of pyridine rings is 2. The quantitative estimate of drug-likeness (QED) is 0.255. The van der Waals surface area contributed by atoms with E-state index in [9.17, 15) is 27.5 Å². The maximum absolute atomic E-state index is 14.9. The molecule has 0 aliphatic carbocycles. The lowest BCUT2D eigenvalue weighted by molar-refractivity contribution is -0.268. The molecule has 2 aromatic carbocycles. The number of H-pyrrole nitrogens is 1. The van der Waals surface area contributed by atoms with E-state index in [-0.39, 0.29) is 34.9 Å². The summed E-state index contributed by atoms with van der Waals surface area (Å²) in [5, 5.41) is 22.4. The van der Waals surface area contributed by atoms with Gasteiger partial charge >= 0.3 is 6.18 Å². The number of alkyl halides is 3. The number of nitrogens with zero attached hydrogens (tertiary/aromatic N) is 4. The van der Waals surface area contributed by atoms with Gasteiger partial charge in [-0.3, -0.25) is 9.78 Å².